The van der Waals surface area contributed by atoms with Gasteiger partial charge in [-0.25, -0.2) is 4.39 Å². The van der Waals surface area contributed by atoms with E-state index in [1.54, 1.807) is 12.1 Å². The number of nitriles is 1. The molecule has 4 saturated carbocycles. The van der Waals surface area contributed by atoms with Gasteiger partial charge < -0.3 is 10.6 Å². The number of nitrogens with zero attached hydrogens (tertiary/aromatic N) is 1. The molecule has 4 nitrogen and oxygen atoms in total. The maximum atomic E-state index is 13.0. The van der Waals surface area contributed by atoms with Crippen molar-refractivity contribution in [2.75, 3.05) is 0 Å². The molecule has 4 fully saturated rings. The zero-order valence-electron chi connectivity index (χ0n) is 16.4. The van der Waals surface area contributed by atoms with Gasteiger partial charge in [-0.1, -0.05) is 12.1 Å². The molecule has 1 aromatic rings. The Bertz CT molecular complexity index is 773. The zero-order valence-corrected chi connectivity index (χ0v) is 16.4. The van der Waals surface area contributed by atoms with Gasteiger partial charge in [-0.3, -0.25) is 4.79 Å². The van der Waals surface area contributed by atoms with Crippen LogP contribution in [0.5, 0.6) is 0 Å². The highest BCUT2D eigenvalue weighted by Crippen LogP contribution is 2.61. The van der Waals surface area contributed by atoms with Crippen molar-refractivity contribution in [3.05, 3.63) is 47.4 Å². The van der Waals surface area contributed by atoms with Gasteiger partial charge in [-0.05, 0) is 86.3 Å². The average molecular weight is 381 g/mol. The van der Waals surface area contributed by atoms with Crippen LogP contribution in [-0.4, -0.2) is 11.9 Å². The molecule has 28 heavy (non-hydrogen) atoms. The molecule has 5 rings (SSSR count). The van der Waals surface area contributed by atoms with E-state index >= 15 is 0 Å². The molecule has 0 radical (unpaired) electrons. The first-order valence-corrected chi connectivity index (χ1v) is 10.4. The summed E-state index contributed by atoms with van der Waals surface area (Å²) in [5, 5.41) is 15.5. The van der Waals surface area contributed by atoms with Crippen LogP contribution in [0, 0.1) is 40.3 Å². The van der Waals surface area contributed by atoms with E-state index in [0.717, 1.165) is 23.3 Å². The van der Waals surface area contributed by atoms with Crippen molar-refractivity contribution < 1.29 is 9.18 Å². The minimum atomic E-state index is -0.308. The summed E-state index contributed by atoms with van der Waals surface area (Å²) >= 11 is 0. The highest BCUT2D eigenvalue weighted by Gasteiger charge is 2.53. The smallest absolute Gasteiger partial charge is 0.263 e. The Morgan fingerprint density at radius 2 is 1.79 bits per heavy atom. The lowest BCUT2D eigenvalue weighted by molar-refractivity contribution is -0.122. The molecular formula is C23H28FN3O. The fourth-order valence-corrected chi connectivity index (χ4v) is 6.16. The summed E-state index contributed by atoms with van der Waals surface area (Å²) in [6.07, 6.45) is 9.23. The van der Waals surface area contributed by atoms with E-state index in [0.29, 0.717) is 6.54 Å². The fraction of sp³-hybridized carbons (Fsp3) is 0.565. The maximum absolute atomic E-state index is 13.0. The highest BCUT2D eigenvalue weighted by atomic mass is 19.1. The van der Waals surface area contributed by atoms with Crippen LogP contribution < -0.4 is 10.6 Å². The molecule has 1 aromatic carbocycles. The summed E-state index contributed by atoms with van der Waals surface area (Å²) in [6, 6.07) is 8.23. The topological polar surface area (TPSA) is 64.9 Å². The largest absolute Gasteiger partial charge is 0.386 e. The SMILES string of the molecule is CC(NC(=O)/C(C#N)=C\NCc1ccc(F)cc1)C12CC3CC(CC(C3)C1)C2. The second-order valence-electron chi connectivity index (χ2n) is 9.15. The third kappa shape index (κ3) is 3.78. The highest BCUT2D eigenvalue weighted by molar-refractivity contribution is 5.97. The van der Waals surface area contributed by atoms with Crippen molar-refractivity contribution in [2.24, 2.45) is 23.2 Å². The summed E-state index contributed by atoms with van der Waals surface area (Å²) in [6.45, 7) is 2.55. The molecule has 1 unspecified atom stereocenters. The lowest BCUT2D eigenvalue weighted by Crippen LogP contribution is -2.56. The molecule has 148 valence electrons. The van der Waals surface area contributed by atoms with E-state index in [1.165, 1.54) is 56.9 Å². The summed E-state index contributed by atoms with van der Waals surface area (Å²) in [5.41, 5.74) is 1.18. The van der Waals surface area contributed by atoms with Crippen molar-refractivity contribution in [3.63, 3.8) is 0 Å². The molecule has 2 N–H and O–H groups in total. The van der Waals surface area contributed by atoms with Gasteiger partial charge in [0.25, 0.3) is 5.91 Å². The minimum absolute atomic E-state index is 0.0821. The van der Waals surface area contributed by atoms with Crippen molar-refractivity contribution >= 4 is 5.91 Å². The number of rotatable bonds is 6. The number of nitrogens with one attached hydrogen (secondary N) is 2. The number of hydrogen-bond donors (Lipinski definition) is 2. The molecule has 4 bridgehead atoms. The first-order chi connectivity index (χ1) is 13.5. The van der Waals surface area contributed by atoms with E-state index in [1.807, 2.05) is 6.07 Å². The Labute approximate surface area is 166 Å². The summed E-state index contributed by atoms with van der Waals surface area (Å²) in [4.78, 5) is 12.7. The predicted molar refractivity (Wildman–Crippen MR) is 105 cm³/mol. The number of carbonyl (C=O) groups is 1. The minimum Gasteiger partial charge on any atom is -0.386 e. The van der Waals surface area contributed by atoms with Gasteiger partial charge >= 0.3 is 0 Å². The number of amides is 1. The fourth-order valence-electron chi connectivity index (χ4n) is 6.16. The van der Waals surface area contributed by atoms with Gasteiger partial charge in [0.1, 0.15) is 17.5 Å². The first-order valence-electron chi connectivity index (χ1n) is 10.4. The lowest BCUT2D eigenvalue weighted by Gasteiger charge is -2.59. The molecule has 0 aromatic heterocycles. The van der Waals surface area contributed by atoms with E-state index in [4.69, 9.17) is 0 Å². The van der Waals surface area contributed by atoms with Crippen molar-refractivity contribution in [3.8, 4) is 6.07 Å². The molecule has 0 heterocycles. The number of benzene rings is 1. The molecular weight excluding hydrogens is 353 g/mol. The maximum Gasteiger partial charge on any atom is 0.263 e. The molecule has 0 aliphatic heterocycles. The molecule has 1 amide bonds. The van der Waals surface area contributed by atoms with Gasteiger partial charge in [0.2, 0.25) is 0 Å². The number of hydrogen-bond acceptors (Lipinski definition) is 3. The Morgan fingerprint density at radius 1 is 1.21 bits per heavy atom. The molecule has 0 spiro atoms. The second-order valence-corrected chi connectivity index (χ2v) is 9.15. The van der Waals surface area contributed by atoms with Crippen LogP contribution >= 0.6 is 0 Å². The molecule has 1 atom stereocenters. The molecule has 5 heteroatoms. The molecule has 4 aliphatic rings. The third-order valence-corrected chi connectivity index (χ3v) is 7.18. The monoisotopic (exact) mass is 381 g/mol. The lowest BCUT2D eigenvalue weighted by atomic mass is 9.48. The van der Waals surface area contributed by atoms with Crippen LogP contribution in [0.4, 0.5) is 4.39 Å². The number of halogens is 1. The van der Waals surface area contributed by atoms with Crippen molar-refractivity contribution in [2.45, 2.75) is 58.0 Å². The van der Waals surface area contributed by atoms with E-state index in [2.05, 4.69) is 17.6 Å². The summed E-state index contributed by atoms with van der Waals surface area (Å²) < 4.78 is 13.0. The van der Waals surface area contributed by atoms with Crippen LogP contribution in [0.2, 0.25) is 0 Å². The summed E-state index contributed by atoms with van der Waals surface area (Å²) in [7, 11) is 0. The number of carbonyl (C=O) groups excluding carboxylic acids is 1. The van der Waals surface area contributed by atoms with Gasteiger partial charge in [0.15, 0.2) is 0 Å². The van der Waals surface area contributed by atoms with Crippen molar-refractivity contribution in [1.29, 1.82) is 5.26 Å². The Balaban J connectivity index is 1.36. The van der Waals surface area contributed by atoms with Crippen LogP contribution in [0.15, 0.2) is 36.0 Å². The van der Waals surface area contributed by atoms with Crippen LogP contribution in [-0.2, 0) is 11.3 Å². The van der Waals surface area contributed by atoms with Crippen LogP contribution in [0.25, 0.3) is 0 Å². The predicted octanol–water partition coefficient (Wildman–Crippen LogP) is 4.04. The zero-order chi connectivity index (χ0) is 19.7. The Kier molecular flexibility index (Phi) is 5.14. The standard InChI is InChI=1S/C23H28FN3O/c1-15(23-9-17-6-18(10-23)8-19(7-17)11-23)27-22(28)20(12-25)14-26-13-16-2-4-21(24)5-3-16/h2-5,14-15,17-19,26H,6-11,13H2,1H3,(H,27,28)/b20-14-. The molecule has 0 saturated heterocycles. The van der Waals surface area contributed by atoms with Crippen molar-refractivity contribution in [1.82, 2.24) is 10.6 Å². The molecule has 4 aliphatic carbocycles. The van der Waals surface area contributed by atoms with E-state index in [-0.39, 0.29) is 28.8 Å². The Hall–Kier alpha value is -2.35. The van der Waals surface area contributed by atoms with E-state index in [9.17, 15) is 14.4 Å². The third-order valence-electron chi connectivity index (χ3n) is 7.18. The Morgan fingerprint density at radius 3 is 2.32 bits per heavy atom. The summed E-state index contributed by atoms with van der Waals surface area (Å²) in [5.74, 6) is 1.89. The van der Waals surface area contributed by atoms with Crippen LogP contribution in [0.1, 0.15) is 51.0 Å². The van der Waals surface area contributed by atoms with Gasteiger partial charge in [0.05, 0.1) is 0 Å². The average Bonchev–Trinajstić information content (AvgIpc) is 2.65. The van der Waals surface area contributed by atoms with Gasteiger partial charge in [-0.15, -0.1) is 0 Å². The quantitative estimate of drug-likeness (QED) is 0.577. The van der Waals surface area contributed by atoms with Gasteiger partial charge in [-0.2, -0.15) is 5.26 Å². The van der Waals surface area contributed by atoms with Crippen LogP contribution in [0.3, 0.4) is 0 Å². The normalized spacial score (nSPS) is 31.9. The van der Waals surface area contributed by atoms with E-state index < -0.39 is 0 Å². The second kappa shape index (κ2) is 7.58. The first kappa shape index (κ1) is 19.0. The van der Waals surface area contributed by atoms with Gasteiger partial charge in [0, 0.05) is 18.8 Å².